The Morgan fingerprint density at radius 2 is 1.65 bits per heavy atom. The topological polar surface area (TPSA) is 48.1 Å². The fourth-order valence-corrected chi connectivity index (χ4v) is 6.38. The number of amides is 1. The maximum Gasteiger partial charge on any atom is 0.416 e. The van der Waals surface area contributed by atoms with Gasteiger partial charge >= 0.3 is 6.18 Å². The van der Waals surface area contributed by atoms with Crippen LogP contribution in [0.15, 0.2) is 78.9 Å². The Labute approximate surface area is 252 Å². The van der Waals surface area contributed by atoms with E-state index >= 15 is 0 Å². The van der Waals surface area contributed by atoms with Crippen molar-refractivity contribution in [2.75, 3.05) is 51.3 Å². The van der Waals surface area contributed by atoms with Crippen LogP contribution in [0.5, 0.6) is 5.75 Å². The number of hydrogen-bond acceptors (Lipinski definition) is 5. The number of piperidine rings is 1. The number of alkyl halides is 3. The molecule has 0 saturated carbocycles. The largest absolute Gasteiger partial charge is 0.497 e. The second kappa shape index (κ2) is 14.3. The lowest BCUT2D eigenvalue weighted by Crippen LogP contribution is -2.56. The molecule has 0 aromatic heterocycles. The number of halogens is 3. The summed E-state index contributed by atoms with van der Waals surface area (Å²) < 4.78 is 45.1. The zero-order valence-corrected chi connectivity index (χ0v) is 24.7. The molecular formula is C34H41F3N4O2. The summed E-state index contributed by atoms with van der Waals surface area (Å²) in [6.45, 7) is 6.21. The van der Waals surface area contributed by atoms with Gasteiger partial charge in [-0.15, -0.1) is 0 Å². The van der Waals surface area contributed by atoms with Gasteiger partial charge in [-0.05, 0) is 66.8 Å². The smallest absolute Gasteiger partial charge is 0.416 e. The number of likely N-dealkylation sites (tertiary alicyclic amines) is 1. The molecule has 1 N–H and O–H groups in total. The van der Waals surface area contributed by atoms with Crippen LogP contribution in [0.4, 0.5) is 18.9 Å². The van der Waals surface area contributed by atoms with Crippen molar-refractivity contribution in [3.05, 3.63) is 95.6 Å². The monoisotopic (exact) mass is 594 g/mol. The van der Waals surface area contributed by atoms with Gasteiger partial charge in [0.2, 0.25) is 5.91 Å². The first-order chi connectivity index (χ1) is 20.8. The lowest BCUT2D eigenvalue weighted by Gasteiger charge is -2.47. The van der Waals surface area contributed by atoms with E-state index in [9.17, 15) is 18.0 Å². The van der Waals surface area contributed by atoms with Gasteiger partial charge < -0.3 is 15.0 Å². The molecular weight excluding hydrogens is 553 g/mol. The summed E-state index contributed by atoms with van der Waals surface area (Å²) in [5.41, 5.74) is 2.32. The standard InChI is InChI=1S/C34H41F3N4O2/c1-43-31-13-10-26(11-14-31)23-38-33(42)15-12-28-25-39(24-27-6-3-2-4-7-27)17-16-32(28)41-20-18-40(19-21-41)30-9-5-8-29(22-30)34(35,36)37/h2-11,13-14,22,28,32H,12,15-21,23-25H2,1H3,(H,38,42)/t28-,32+/m0/s1. The van der Waals surface area contributed by atoms with E-state index in [1.165, 1.54) is 17.7 Å². The van der Waals surface area contributed by atoms with Crippen LogP contribution in [0.1, 0.15) is 36.0 Å². The first-order valence-corrected chi connectivity index (χ1v) is 15.1. The molecule has 2 aliphatic heterocycles. The second-order valence-corrected chi connectivity index (χ2v) is 11.6. The van der Waals surface area contributed by atoms with Gasteiger partial charge in [0.05, 0.1) is 12.7 Å². The predicted octanol–water partition coefficient (Wildman–Crippen LogP) is 5.82. The molecule has 3 aromatic rings. The highest BCUT2D eigenvalue weighted by Crippen LogP contribution is 2.33. The van der Waals surface area contributed by atoms with Crippen molar-refractivity contribution in [1.29, 1.82) is 0 Å². The van der Waals surface area contributed by atoms with Gasteiger partial charge in [-0.3, -0.25) is 14.6 Å². The van der Waals surface area contributed by atoms with Crippen molar-refractivity contribution in [1.82, 2.24) is 15.1 Å². The van der Waals surface area contributed by atoms with Crippen LogP contribution < -0.4 is 15.0 Å². The molecule has 1 amide bonds. The van der Waals surface area contributed by atoms with Gasteiger partial charge in [0.1, 0.15) is 5.75 Å². The van der Waals surface area contributed by atoms with Crippen LogP contribution in [0.3, 0.4) is 0 Å². The first kappa shape index (κ1) is 30.9. The minimum atomic E-state index is -4.35. The van der Waals surface area contributed by atoms with E-state index in [1.54, 1.807) is 13.2 Å². The molecule has 0 unspecified atom stereocenters. The number of benzene rings is 3. The Morgan fingerprint density at radius 3 is 2.35 bits per heavy atom. The molecule has 0 spiro atoms. The number of methoxy groups -OCH3 is 1. The number of hydrogen-bond donors (Lipinski definition) is 1. The van der Waals surface area contributed by atoms with E-state index in [4.69, 9.17) is 4.74 Å². The average molecular weight is 595 g/mol. The molecule has 0 radical (unpaired) electrons. The summed E-state index contributed by atoms with van der Waals surface area (Å²) in [5, 5.41) is 3.07. The molecule has 9 heteroatoms. The van der Waals surface area contributed by atoms with Crippen LogP contribution in [-0.4, -0.2) is 68.1 Å². The Morgan fingerprint density at radius 1 is 0.907 bits per heavy atom. The number of carbonyl (C=O) groups excluding carboxylic acids is 1. The van der Waals surface area contributed by atoms with Gasteiger partial charge in [-0.2, -0.15) is 13.2 Å². The lowest BCUT2D eigenvalue weighted by atomic mass is 9.86. The molecule has 2 heterocycles. The summed E-state index contributed by atoms with van der Waals surface area (Å²) in [6.07, 6.45) is -2.09. The average Bonchev–Trinajstić information content (AvgIpc) is 3.03. The second-order valence-electron chi connectivity index (χ2n) is 11.6. The van der Waals surface area contributed by atoms with Gasteiger partial charge in [-0.1, -0.05) is 48.5 Å². The van der Waals surface area contributed by atoms with Crippen LogP contribution in [0.25, 0.3) is 0 Å². The Balaban J connectivity index is 1.19. The molecule has 6 nitrogen and oxygen atoms in total. The first-order valence-electron chi connectivity index (χ1n) is 15.1. The number of nitrogens with zero attached hydrogens (tertiary/aromatic N) is 3. The SMILES string of the molecule is COc1ccc(CNC(=O)CC[C@H]2CN(Cc3ccccc3)CC[C@H]2N2CCN(c3cccc(C(F)(F)F)c3)CC2)cc1. The highest BCUT2D eigenvalue weighted by Gasteiger charge is 2.35. The molecule has 5 rings (SSSR count). The van der Waals surface area contributed by atoms with Gasteiger partial charge in [0.15, 0.2) is 0 Å². The third-order valence-electron chi connectivity index (χ3n) is 8.74. The Hall–Kier alpha value is -3.56. The van der Waals surface area contributed by atoms with Crippen molar-refractivity contribution >= 4 is 11.6 Å². The summed E-state index contributed by atoms with van der Waals surface area (Å²) in [6, 6.07) is 24.1. The number of carbonyl (C=O) groups is 1. The van der Waals surface area contributed by atoms with Gasteiger partial charge in [0, 0.05) is 64.0 Å². The van der Waals surface area contributed by atoms with Gasteiger partial charge in [0.25, 0.3) is 0 Å². The summed E-state index contributed by atoms with van der Waals surface area (Å²) in [5.74, 6) is 1.16. The van der Waals surface area contributed by atoms with E-state index in [-0.39, 0.29) is 5.91 Å². The molecule has 2 aliphatic rings. The molecule has 230 valence electrons. The number of anilines is 1. The molecule has 2 saturated heterocycles. The fraction of sp³-hybridized carbons (Fsp3) is 0.441. The van der Waals surface area contributed by atoms with E-state index in [0.29, 0.717) is 43.7 Å². The zero-order chi connectivity index (χ0) is 30.2. The lowest BCUT2D eigenvalue weighted by molar-refractivity contribution is -0.137. The number of rotatable bonds is 10. The molecule has 0 aliphatic carbocycles. The summed E-state index contributed by atoms with van der Waals surface area (Å²) in [7, 11) is 1.63. The summed E-state index contributed by atoms with van der Waals surface area (Å²) in [4.78, 5) is 19.9. The van der Waals surface area contributed by atoms with Crippen LogP contribution in [-0.2, 0) is 24.1 Å². The molecule has 2 fully saturated rings. The van der Waals surface area contributed by atoms with E-state index < -0.39 is 11.7 Å². The minimum absolute atomic E-state index is 0.0455. The normalized spacial score (nSPS) is 20.1. The molecule has 43 heavy (non-hydrogen) atoms. The van der Waals surface area contributed by atoms with E-state index in [1.807, 2.05) is 30.3 Å². The van der Waals surface area contributed by atoms with Crippen LogP contribution in [0, 0.1) is 5.92 Å². The molecule has 2 atom stereocenters. The number of nitrogens with one attached hydrogen (secondary N) is 1. The number of piperazine rings is 1. The van der Waals surface area contributed by atoms with Crippen molar-refractivity contribution in [3.63, 3.8) is 0 Å². The third-order valence-corrected chi connectivity index (χ3v) is 8.74. The highest BCUT2D eigenvalue weighted by atomic mass is 19.4. The Kier molecular flexibility index (Phi) is 10.3. The third kappa shape index (κ3) is 8.51. The van der Waals surface area contributed by atoms with Crippen molar-refractivity contribution in [2.45, 2.75) is 44.6 Å². The van der Waals surface area contributed by atoms with Crippen molar-refractivity contribution < 1.29 is 22.7 Å². The molecule has 3 aromatic carbocycles. The van der Waals surface area contributed by atoms with Crippen molar-refractivity contribution in [3.8, 4) is 5.75 Å². The fourth-order valence-electron chi connectivity index (χ4n) is 6.38. The van der Waals surface area contributed by atoms with Crippen molar-refractivity contribution in [2.24, 2.45) is 5.92 Å². The quantitative estimate of drug-likeness (QED) is 0.321. The zero-order valence-electron chi connectivity index (χ0n) is 24.7. The van der Waals surface area contributed by atoms with E-state index in [0.717, 1.165) is 62.9 Å². The van der Waals surface area contributed by atoms with Crippen LogP contribution >= 0.6 is 0 Å². The minimum Gasteiger partial charge on any atom is -0.497 e. The summed E-state index contributed by atoms with van der Waals surface area (Å²) >= 11 is 0. The van der Waals surface area contributed by atoms with Crippen LogP contribution in [0.2, 0.25) is 0 Å². The van der Waals surface area contributed by atoms with E-state index in [2.05, 4.69) is 44.3 Å². The highest BCUT2D eigenvalue weighted by molar-refractivity contribution is 5.75. The maximum atomic E-state index is 13.3. The van der Waals surface area contributed by atoms with Gasteiger partial charge in [-0.25, -0.2) is 0 Å². The predicted molar refractivity (Wildman–Crippen MR) is 163 cm³/mol. The Bertz CT molecular complexity index is 1310. The number of ether oxygens (including phenoxy) is 1. The maximum absolute atomic E-state index is 13.3. The molecule has 0 bridgehead atoms.